The lowest BCUT2D eigenvalue weighted by Gasteiger charge is -2.36. The van der Waals surface area contributed by atoms with Crippen LogP contribution < -0.4 is 0 Å². The number of carbonyl (C=O) groups is 1. The van der Waals surface area contributed by atoms with Gasteiger partial charge >= 0.3 is 5.97 Å². The molecule has 0 saturated heterocycles. The largest absolute Gasteiger partial charge is 0.463 e. The van der Waals surface area contributed by atoms with Gasteiger partial charge in [0.05, 0.1) is 12.5 Å². The summed E-state index contributed by atoms with van der Waals surface area (Å²) in [6, 6.07) is 30.7. The van der Waals surface area contributed by atoms with Crippen molar-refractivity contribution in [2.45, 2.75) is 45.1 Å². The van der Waals surface area contributed by atoms with Gasteiger partial charge in [-0.25, -0.2) is 0 Å². The highest BCUT2D eigenvalue weighted by molar-refractivity contribution is 5.72. The van der Waals surface area contributed by atoms with Crippen molar-refractivity contribution in [3.63, 3.8) is 0 Å². The van der Waals surface area contributed by atoms with Gasteiger partial charge in [-0.05, 0) is 29.5 Å². The molecule has 3 aromatic rings. The maximum absolute atomic E-state index is 12.5. The van der Waals surface area contributed by atoms with E-state index < -0.39 is 5.60 Å². The predicted octanol–water partition coefficient (Wildman–Crippen LogP) is 6.75. The van der Waals surface area contributed by atoms with Crippen LogP contribution in [0, 0.1) is 5.92 Å². The van der Waals surface area contributed by atoms with Crippen LogP contribution in [-0.2, 0) is 19.9 Å². The van der Waals surface area contributed by atoms with Crippen molar-refractivity contribution in [2.75, 3.05) is 13.2 Å². The van der Waals surface area contributed by atoms with Crippen LogP contribution in [0.3, 0.4) is 0 Å². The van der Waals surface area contributed by atoms with Crippen molar-refractivity contribution in [3.8, 4) is 0 Å². The second-order valence-corrected chi connectivity index (χ2v) is 8.04. The standard InChI is InChI=1S/C29H34O3/c1-3-5-15-24(4-2)28(30)31-22-23-32-29(25-16-9-6-10-17-25,26-18-11-7-12-19-26)27-20-13-8-14-21-27/h6-14,16-21,24H,3-5,15,22-23H2,1-2H3. The molecule has 3 nitrogen and oxygen atoms in total. The van der Waals surface area contributed by atoms with Crippen LogP contribution in [0.25, 0.3) is 0 Å². The number of rotatable bonds is 12. The van der Waals surface area contributed by atoms with Gasteiger partial charge in [0.25, 0.3) is 0 Å². The Morgan fingerprint density at radius 2 is 1.22 bits per heavy atom. The molecule has 0 radical (unpaired) electrons. The Bertz CT molecular complexity index is 826. The third-order valence-corrected chi connectivity index (χ3v) is 5.92. The Kier molecular flexibility index (Phi) is 9.06. The van der Waals surface area contributed by atoms with Gasteiger partial charge in [0.1, 0.15) is 12.2 Å². The molecule has 0 amide bonds. The molecule has 0 fully saturated rings. The zero-order valence-corrected chi connectivity index (χ0v) is 19.2. The highest BCUT2D eigenvalue weighted by atomic mass is 16.6. The van der Waals surface area contributed by atoms with Crippen LogP contribution in [0.15, 0.2) is 91.0 Å². The van der Waals surface area contributed by atoms with E-state index in [4.69, 9.17) is 9.47 Å². The highest BCUT2D eigenvalue weighted by Crippen LogP contribution is 2.40. The van der Waals surface area contributed by atoms with Crippen LogP contribution >= 0.6 is 0 Å². The normalized spacial score (nSPS) is 12.3. The summed E-state index contributed by atoms with van der Waals surface area (Å²) in [4.78, 5) is 12.5. The van der Waals surface area contributed by atoms with E-state index in [1.165, 1.54) is 0 Å². The SMILES string of the molecule is CCCCC(CC)C(=O)OCCOC(c1ccccc1)(c1ccccc1)c1ccccc1. The molecule has 0 saturated carbocycles. The molecule has 0 aliphatic heterocycles. The van der Waals surface area contributed by atoms with Gasteiger partial charge < -0.3 is 9.47 Å². The van der Waals surface area contributed by atoms with Crippen molar-refractivity contribution in [2.24, 2.45) is 5.92 Å². The summed E-state index contributed by atoms with van der Waals surface area (Å²) < 4.78 is 12.3. The third kappa shape index (κ3) is 5.66. The van der Waals surface area contributed by atoms with E-state index >= 15 is 0 Å². The minimum atomic E-state index is -0.789. The van der Waals surface area contributed by atoms with Crippen molar-refractivity contribution in [1.29, 1.82) is 0 Å². The van der Waals surface area contributed by atoms with Gasteiger partial charge in [-0.15, -0.1) is 0 Å². The fourth-order valence-electron chi connectivity index (χ4n) is 4.16. The molecule has 3 heteroatoms. The molecule has 0 spiro atoms. The third-order valence-electron chi connectivity index (χ3n) is 5.92. The van der Waals surface area contributed by atoms with Gasteiger partial charge in [0.15, 0.2) is 0 Å². The topological polar surface area (TPSA) is 35.5 Å². The summed E-state index contributed by atoms with van der Waals surface area (Å²) in [5.74, 6) is -0.147. The molecule has 1 unspecified atom stereocenters. The minimum absolute atomic E-state index is 0.0305. The maximum atomic E-state index is 12.5. The molecular weight excluding hydrogens is 396 g/mol. The number of unbranched alkanes of at least 4 members (excludes halogenated alkanes) is 1. The molecule has 1 atom stereocenters. The first kappa shape index (κ1) is 23.7. The number of ether oxygens (including phenoxy) is 2. The fourth-order valence-corrected chi connectivity index (χ4v) is 4.16. The smallest absolute Gasteiger partial charge is 0.308 e. The molecule has 0 N–H and O–H groups in total. The number of benzene rings is 3. The quantitative estimate of drug-likeness (QED) is 0.181. The first-order valence-corrected chi connectivity index (χ1v) is 11.7. The van der Waals surface area contributed by atoms with Gasteiger partial charge in [0.2, 0.25) is 0 Å². The lowest BCUT2D eigenvalue weighted by atomic mass is 9.80. The van der Waals surface area contributed by atoms with Crippen molar-refractivity contribution < 1.29 is 14.3 Å². The van der Waals surface area contributed by atoms with E-state index in [-0.39, 0.29) is 18.5 Å². The molecule has 0 aliphatic rings. The van der Waals surface area contributed by atoms with Gasteiger partial charge in [-0.2, -0.15) is 0 Å². The van der Waals surface area contributed by atoms with E-state index in [9.17, 15) is 4.79 Å². The van der Waals surface area contributed by atoms with E-state index in [0.717, 1.165) is 42.4 Å². The van der Waals surface area contributed by atoms with E-state index in [1.54, 1.807) is 0 Å². The summed E-state index contributed by atoms with van der Waals surface area (Å²) in [7, 11) is 0. The average Bonchev–Trinajstić information content (AvgIpc) is 2.86. The fraction of sp³-hybridized carbons (Fsp3) is 0.345. The van der Waals surface area contributed by atoms with Crippen LogP contribution in [0.2, 0.25) is 0 Å². The van der Waals surface area contributed by atoms with E-state index in [0.29, 0.717) is 6.61 Å². The first-order chi connectivity index (χ1) is 15.7. The number of hydrogen-bond acceptors (Lipinski definition) is 3. The molecule has 3 rings (SSSR count). The number of carbonyl (C=O) groups excluding carboxylic acids is 1. The van der Waals surface area contributed by atoms with Crippen molar-refractivity contribution in [3.05, 3.63) is 108 Å². The Hall–Kier alpha value is -2.91. The lowest BCUT2D eigenvalue weighted by Crippen LogP contribution is -2.34. The molecule has 0 heterocycles. The summed E-state index contributed by atoms with van der Waals surface area (Å²) in [5.41, 5.74) is 2.33. The zero-order valence-electron chi connectivity index (χ0n) is 19.2. The zero-order chi connectivity index (χ0) is 22.7. The second-order valence-electron chi connectivity index (χ2n) is 8.04. The molecule has 0 aromatic heterocycles. The Morgan fingerprint density at radius 1 is 0.750 bits per heavy atom. The number of hydrogen-bond donors (Lipinski definition) is 0. The molecule has 3 aromatic carbocycles. The maximum Gasteiger partial charge on any atom is 0.308 e. The first-order valence-electron chi connectivity index (χ1n) is 11.7. The summed E-state index contributed by atoms with van der Waals surface area (Å²) >= 11 is 0. The van der Waals surface area contributed by atoms with E-state index in [1.807, 2.05) is 61.5 Å². The van der Waals surface area contributed by atoms with Crippen LogP contribution in [0.5, 0.6) is 0 Å². The van der Waals surface area contributed by atoms with Crippen LogP contribution in [0.1, 0.15) is 56.2 Å². The van der Waals surface area contributed by atoms with Crippen molar-refractivity contribution >= 4 is 5.97 Å². The monoisotopic (exact) mass is 430 g/mol. The Labute approximate surface area is 192 Å². The van der Waals surface area contributed by atoms with Gasteiger partial charge in [-0.1, -0.05) is 118 Å². The second kappa shape index (κ2) is 12.2. The summed E-state index contributed by atoms with van der Waals surface area (Å²) in [6.45, 7) is 4.72. The van der Waals surface area contributed by atoms with Crippen molar-refractivity contribution in [1.82, 2.24) is 0 Å². The Balaban J connectivity index is 1.85. The van der Waals surface area contributed by atoms with Gasteiger partial charge in [0, 0.05) is 0 Å². The Morgan fingerprint density at radius 3 is 1.62 bits per heavy atom. The molecule has 0 bridgehead atoms. The average molecular weight is 431 g/mol. The highest BCUT2D eigenvalue weighted by Gasteiger charge is 2.37. The van der Waals surface area contributed by atoms with Gasteiger partial charge in [-0.3, -0.25) is 4.79 Å². The molecule has 168 valence electrons. The summed E-state index contributed by atoms with van der Waals surface area (Å²) in [6.07, 6.45) is 3.82. The minimum Gasteiger partial charge on any atom is -0.463 e. The van der Waals surface area contributed by atoms with Crippen LogP contribution in [0.4, 0.5) is 0 Å². The van der Waals surface area contributed by atoms with E-state index in [2.05, 4.69) is 43.3 Å². The molecule has 32 heavy (non-hydrogen) atoms. The summed E-state index contributed by atoms with van der Waals surface area (Å²) in [5, 5.41) is 0. The molecule has 0 aliphatic carbocycles. The molecular formula is C29H34O3. The van der Waals surface area contributed by atoms with Crippen LogP contribution in [-0.4, -0.2) is 19.2 Å². The number of esters is 1. The predicted molar refractivity (Wildman–Crippen MR) is 129 cm³/mol. The lowest BCUT2D eigenvalue weighted by molar-refractivity contribution is -0.151.